The number of aromatic nitrogens is 2. The second-order valence-electron chi connectivity index (χ2n) is 12.9. The number of aliphatic imine (C=N–C) groups is 1. The van der Waals surface area contributed by atoms with E-state index < -0.39 is 44.6 Å². The van der Waals surface area contributed by atoms with E-state index >= 15 is 0 Å². The topological polar surface area (TPSA) is 214 Å². The first-order valence-corrected chi connectivity index (χ1v) is 18.6. The molecule has 0 spiro atoms. The highest BCUT2D eigenvalue weighted by atomic mass is 31.2. The van der Waals surface area contributed by atoms with Gasteiger partial charge in [-0.3, -0.25) is 14.4 Å². The van der Waals surface area contributed by atoms with Crippen LogP contribution in [0.5, 0.6) is 0 Å². The van der Waals surface area contributed by atoms with Gasteiger partial charge in [0, 0.05) is 32.4 Å². The Morgan fingerprint density at radius 2 is 1.62 bits per heavy atom. The number of aliphatic hydroxyl groups is 2. The third-order valence-electron chi connectivity index (χ3n) is 9.46. The van der Waals surface area contributed by atoms with E-state index in [1.54, 1.807) is 0 Å². The zero-order valence-corrected chi connectivity index (χ0v) is 28.0. The van der Waals surface area contributed by atoms with E-state index in [1.807, 2.05) is 0 Å². The van der Waals surface area contributed by atoms with Gasteiger partial charge in [-0.15, -0.1) is 0 Å². The van der Waals surface area contributed by atoms with Crippen molar-refractivity contribution in [3.8, 4) is 0 Å². The molecule has 0 bridgehead atoms. The standard InChI is InChI=1S/C17H31N3O.C13H21N4O8P/c1-3-7-15(8-4-1)18-17(20-11-13-21-14-12-20)19-16-9-5-2-6-10-16;14-9-1-2-17(13(20)15-9)12-11(19)10(18)8(25-12)7-24-26(21,22)16-3-5-23-6-4-16/h15-16H,1-14H2,(H,18,19);1-2,8,10-12,18-19H,3-7H2,(H,21,22)(H2,14,15,20)/t;8-,10-,11-,12-/m.1/s1. The minimum absolute atomic E-state index is 0.00280. The average Bonchev–Trinajstić information content (AvgIpc) is 3.38. The van der Waals surface area contributed by atoms with Crippen LogP contribution < -0.4 is 21.6 Å². The van der Waals surface area contributed by atoms with Crippen molar-refractivity contribution in [2.75, 3.05) is 64.9 Å². The molecule has 0 aromatic carbocycles. The Morgan fingerprint density at radius 3 is 2.26 bits per heavy atom. The van der Waals surface area contributed by atoms with Crippen molar-refractivity contribution >= 4 is 19.5 Å². The number of ether oxygens (including phenoxy) is 3. The number of rotatable bonds is 7. The molecule has 5 atom stereocenters. The molecule has 3 aliphatic heterocycles. The minimum Gasteiger partial charge on any atom is -0.766 e. The van der Waals surface area contributed by atoms with Gasteiger partial charge in [0.2, 0.25) is 7.75 Å². The van der Waals surface area contributed by atoms with Gasteiger partial charge in [0.25, 0.3) is 5.96 Å². The monoisotopic (exact) mass is 685 g/mol. The van der Waals surface area contributed by atoms with Crippen LogP contribution in [-0.2, 0) is 23.3 Å². The lowest BCUT2D eigenvalue weighted by Crippen LogP contribution is -2.96. The minimum atomic E-state index is -4.34. The van der Waals surface area contributed by atoms with Gasteiger partial charge in [0.05, 0.1) is 45.1 Å². The molecule has 16 nitrogen and oxygen atoms in total. The van der Waals surface area contributed by atoms with Gasteiger partial charge in [-0.05, 0) is 44.6 Å². The second kappa shape index (κ2) is 17.6. The third kappa shape index (κ3) is 10.3. The summed E-state index contributed by atoms with van der Waals surface area (Å²) in [5, 5.41) is 22.7. The molecule has 17 heteroatoms. The second-order valence-corrected chi connectivity index (χ2v) is 14.6. The zero-order valence-electron chi connectivity index (χ0n) is 27.1. The Bertz CT molecular complexity index is 1250. The average molecular weight is 686 g/mol. The van der Waals surface area contributed by atoms with E-state index in [1.165, 1.54) is 82.4 Å². The van der Waals surface area contributed by atoms with Crippen molar-refractivity contribution in [1.29, 1.82) is 0 Å². The summed E-state index contributed by atoms with van der Waals surface area (Å²) < 4.78 is 35.3. The Labute approximate surface area is 275 Å². The lowest BCUT2D eigenvalue weighted by molar-refractivity contribution is -0.594. The van der Waals surface area contributed by atoms with Crippen LogP contribution in [-0.4, -0.2) is 125 Å². The molecule has 1 aromatic rings. The molecular weight excluding hydrogens is 633 g/mol. The van der Waals surface area contributed by atoms with E-state index in [4.69, 9.17) is 29.5 Å². The van der Waals surface area contributed by atoms with Crippen molar-refractivity contribution in [3.05, 3.63) is 22.7 Å². The fourth-order valence-corrected chi connectivity index (χ4v) is 7.85. The number of quaternary nitrogens is 1. The van der Waals surface area contributed by atoms with Crippen LogP contribution in [0, 0.1) is 0 Å². The van der Waals surface area contributed by atoms with E-state index in [0.717, 1.165) is 41.6 Å². The van der Waals surface area contributed by atoms with Crippen LogP contribution in [0.2, 0.25) is 0 Å². The molecule has 2 saturated carbocycles. The number of nitrogens with zero attached hydrogens (tertiary/aromatic N) is 5. The first-order valence-electron chi connectivity index (χ1n) is 17.1. The number of anilines is 1. The molecule has 6 rings (SSSR count). The maximum absolute atomic E-state index is 12.2. The predicted molar refractivity (Wildman–Crippen MR) is 170 cm³/mol. The van der Waals surface area contributed by atoms with Crippen LogP contribution in [0.1, 0.15) is 70.4 Å². The maximum atomic E-state index is 12.2. The molecular formula is C30H52N7O9P. The fraction of sp³-hybridized carbons (Fsp3) is 0.833. The van der Waals surface area contributed by atoms with Gasteiger partial charge in [-0.1, -0.05) is 25.7 Å². The van der Waals surface area contributed by atoms with Gasteiger partial charge >= 0.3 is 5.69 Å². The number of aliphatic hydroxyl groups excluding tert-OH is 2. The summed E-state index contributed by atoms with van der Waals surface area (Å²) >= 11 is 0. The van der Waals surface area contributed by atoms with Gasteiger partial charge in [0.15, 0.2) is 6.23 Å². The quantitative estimate of drug-likeness (QED) is 0.157. The predicted octanol–water partition coefficient (Wildman–Crippen LogP) is -0.835. The Balaban J connectivity index is 0.000000189. The van der Waals surface area contributed by atoms with E-state index in [2.05, 4.69) is 15.2 Å². The number of hydrogen-bond donors (Lipinski definition) is 4. The Hall–Kier alpha value is -1.98. The summed E-state index contributed by atoms with van der Waals surface area (Å²) in [5.41, 5.74) is 4.63. The number of guanidine groups is 1. The Kier molecular flexibility index (Phi) is 13.6. The molecule has 47 heavy (non-hydrogen) atoms. The van der Waals surface area contributed by atoms with Crippen LogP contribution in [0.3, 0.4) is 0 Å². The van der Waals surface area contributed by atoms with Gasteiger partial charge < -0.3 is 44.5 Å². The lowest BCUT2D eigenvalue weighted by Gasteiger charge is -2.37. The molecule has 1 aromatic heterocycles. The van der Waals surface area contributed by atoms with Crippen molar-refractivity contribution in [2.45, 2.75) is 101 Å². The third-order valence-corrected chi connectivity index (χ3v) is 11.0. The highest BCUT2D eigenvalue weighted by molar-refractivity contribution is 7.48. The first kappa shape index (κ1) is 36.3. The number of morpholine rings is 2. The van der Waals surface area contributed by atoms with Crippen LogP contribution >= 0.6 is 7.75 Å². The number of nitrogens with two attached hydrogens (primary N) is 2. The Morgan fingerprint density at radius 1 is 1.00 bits per heavy atom. The molecule has 1 unspecified atom stereocenters. The van der Waals surface area contributed by atoms with Crippen molar-refractivity contribution in [1.82, 2.24) is 19.1 Å². The largest absolute Gasteiger partial charge is 0.766 e. The molecule has 4 heterocycles. The van der Waals surface area contributed by atoms with Crippen LogP contribution in [0.15, 0.2) is 22.1 Å². The summed E-state index contributed by atoms with van der Waals surface area (Å²) in [6.07, 6.45) is 9.67. The van der Waals surface area contributed by atoms with Gasteiger partial charge in [-0.2, -0.15) is 4.98 Å². The highest BCUT2D eigenvalue weighted by Gasteiger charge is 2.45. The molecule has 266 valence electrons. The van der Waals surface area contributed by atoms with E-state index in [0.29, 0.717) is 6.04 Å². The molecule has 0 radical (unpaired) electrons. The summed E-state index contributed by atoms with van der Waals surface area (Å²) in [5.74, 6) is 1.30. The molecule has 5 aliphatic rings. The highest BCUT2D eigenvalue weighted by Crippen LogP contribution is 2.43. The van der Waals surface area contributed by atoms with Crippen molar-refractivity contribution < 1.29 is 43.7 Å². The van der Waals surface area contributed by atoms with Crippen molar-refractivity contribution in [3.63, 3.8) is 0 Å². The molecule has 2 aliphatic carbocycles. The van der Waals surface area contributed by atoms with E-state index in [9.17, 15) is 24.5 Å². The SMILES string of the molecule is C1CCC(N=C([NH2+]C2CCCCC2)N2CCOCC2)CC1.Nc1ccn([C@@H]2O[C@H](COP(=O)([O-])N3CCOCC3)[C@@H](O)[C@H]2O)c(=O)n1. The van der Waals surface area contributed by atoms with Crippen LogP contribution in [0.25, 0.3) is 0 Å². The smallest absolute Gasteiger partial charge is 0.351 e. The maximum Gasteiger partial charge on any atom is 0.351 e. The van der Waals surface area contributed by atoms with Gasteiger partial charge in [-0.25, -0.2) is 14.5 Å². The zero-order chi connectivity index (χ0) is 33.2. The molecule has 3 saturated heterocycles. The normalized spacial score (nSPS) is 30.0. The summed E-state index contributed by atoms with van der Waals surface area (Å²) in [4.78, 5) is 35.2. The van der Waals surface area contributed by atoms with Crippen LogP contribution in [0.4, 0.5) is 5.82 Å². The van der Waals surface area contributed by atoms with E-state index in [-0.39, 0.29) is 32.1 Å². The van der Waals surface area contributed by atoms with Crippen molar-refractivity contribution in [2.24, 2.45) is 4.99 Å². The van der Waals surface area contributed by atoms with Gasteiger partial charge in [0.1, 0.15) is 24.1 Å². The molecule has 0 amide bonds. The summed E-state index contributed by atoms with van der Waals surface area (Å²) in [6, 6.07) is 2.68. The summed E-state index contributed by atoms with van der Waals surface area (Å²) in [6.45, 7) is 4.15. The number of hydrogen-bond acceptors (Lipinski definition) is 12. The number of nitrogen functional groups attached to an aromatic ring is 1. The fourth-order valence-electron chi connectivity index (χ4n) is 6.70. The molecule has 6 N–H and O–H groups in total. The summed E-state index contributed by atoms with van der Waals surface area (Å²) in [7, 11) is -4.34. The molecule has 5 fully saturated rings. The lowest BCUT2D eigenvalue weighted by atomic mass is 9.95. The first-order chi connectivity index (χ1) is 22.7.